The van der Waals surface area contributed by atoms with Gasteiger partial charge in [-0.3, -0.25) is 0 Å². The third kappa shape index (κ3) is 4.83. The lowest BCUT2D eigenvalue weighted by molar-refractivity contribution is -0.156. The van der Waals surface area contributed by atoms with Crippen molar-refractivity contribution in [3.05, 3.63) is 35.4 Å². The molecule has 2 atom stereocenters. The van der Waals surface area contributed by atoms with Crippen molar-refractivity contribution in [2.75, 3.05) is 6.61 Å². The number of carbonyl (C=O) groups excluding carboxylic acids is 1. The van der Waals surface area contributed by atoms with Crippen molar-refractivity contribution in [2.24, 2.45) is 0 Å². The van der Waals surface area contributed by atoms with E-state index in [4.69, 9.17) is 5.11 Å². The van der Waals surface area contributed by atoms with E-state index in [1.807, 2.05) is 0 Å². The maximum atomic E-state index is 13.5. The lowest BCUT2D eigenvalue weighted by atomic mass is 10.1. The van der Waals surface area contributed by atoms with Crippen LogP contribution in [0.15, 0.2) is 18.2 Å². The largest absolute Gasteiger partial charge is 0.413 e. The monoisotopic (exact) mass is 326 g/mol. The summed E-state index contributed by atoms with van der Waals surface area (Å²) in [6.07, 6.45) is -4.96. The minimum atomic E-state index is -5.08. The van der Waals surface area contributed by atoms with Crippen LogP contribution in [0.2, 0.25) is 0 Å². The van der Waals surface area contributed by atoms with Crippen LogP contribution in [-0.4, -0.2) is 30.0 Å². The predicted octanol–water partition coefficient (Wildman–Crippen LogP) is 2.64. The van der Waals surface area contributed by atoms with Gasteiger partial charge in [-0.1, -0.05) is 6.07 Å². The highest BCUT2D eigenvalue weighted by Gasteiger charge is 2.44. The maximum absolute atomic E-state index is 13.5. The zero-order chi connectivity index (χ0) is 16.9. The minimum Gasteiger partial charge on any atom is -0.396 e. The van der Waals surface area contributed by atoms with Crippen LogP contribution in [-0.2, 0) is 0 Å². The molecule has 0 saturated heterocycles. The quantitative estimate of drug-likeness (QED) is 0.729. The summed E-state index contributed by atoms with van der Waals surface area (Å²) in [5.41, 5.74) is -1.28. The van der Waals surface area contributed by atoms with Crippen LogP contribution in [0.4, 0.5) is 26.7 Å². The predicted molar refractivity (Wildman–Crippen MR) is 68.0 cm³/mol. The first-order chi connectivity index (χ1) is 10.2. The number of hydrogen-bond donors (Lipinski definition) is 3. The van der Waals surface area contributed by atoms with Crippen LogP contribution in [0.3, 0.4) is 0 Å². The van der Waals surface area contributed by atoms with Gasteiger partial charge in [-0.2, -0.15) is 13.2 Å². The summed E-state index contributed by atoms with van der Waals surface area (Å²) < 4.78 is 66.0. The molecule has 124 valence electrons. The van der Waals surface area contributed by atoms with Gasteiger partial charge >= 0.3 is 12.2 Å². The Morgan fingerprint density at radius 3 is 2.23 bits per heavy atom. The third-order valence-electron chi connectivity index (χ3n) is 2.83. The Kier molecular flexibility index (Phi) is 6.10. The lowest BCUT2D eigenvalue weighted by Gasteiger charge is -2.24. The normalized spacial score (nSPS) is 14.3. The van der Waals surface area contributed by atoms with E-state index < -0.39 is 41.5 Å². The molecule has 0 radical (unpaired) electrons. The Hall–Kier alpha value is -1.90. The molecule has 0 aromatic heterocycles. The van der Waals surface area contributed by atoms with Crippen molar-refractivity contribution in [1.29, 1.82) is 0 Å². The highest BCUT2D eigenvalue weighted by atomic mass is 19.4. The molecular weight excluding hydrogens is 311 g/mol. The van der Waals surface area contributed by atoms with Gasteiger partial charge in [0.2, 0.25) is 0 Å². The van der Waals surface area contributed by atoms with Gasteiger partial charge < -0.3 is 15.7 Å². The zero-order valence-corrected chi connectivity index (χ0v) is 11.5. The number of aliphatic hydroxyl groups excluding tert-OH is 1. The van der Waals surface area contributed by atoms with Crippen molar-refractivity contribution in [2.45, 2.75) is 31.6 Å². The standard InChI is InChI=1S/C13H15F5N2O2/c1-7(5-6-21)19-12(22)20-11(13(16,17)18)10-8(14)3-2-4-9(10)15/h2-4,7,11,21H,5-6H2,1H3,(H2,19,20,22)/t7-,11-/m0/s1. The molecule has 4 nitrogen and oxygen atoms in total. The molecule has 2 amide bonds. The summed E-state index contributed by atoms with van der Waals surface area (Å²) in [6.45, 7) is 1.19. The van der Waals surface area contributed by atoms with Gasteiger partial charge in [0.1, 0.15) is 11.6 Å². The van der Waals surface area contributed by atoms with E-state index in [2.05, 4.69) is 5.32 Å². The van der Waals surface area contributed by atoms with E-state index in [-0.39, 0.29) is 13.0 Å². The van der Waals surface area contributed by atoms with E-state index in [1.165, 1.54) is 12.2 Å². The number of halogens is 5. The maximum Gasteiger partial charge on any atom is 0.413 e. The fourth-order valence-corrected chi connectivity index (χ4v) is 1.77. The molecule has 0 bridgehead atoms. The third-order valence-corrected chi connectivity index (χ3v) is 2.83. The Morgan fingerprint density at radius 1 is 1.23 bits per heavy atom. The molecule has 0 aliphatic heterocycles. The van der Waals surface area contributed by atoms with Gasteiger partial charge in [0.05, 0.1) is 5.56 Å². The molecule has 0 fully saturated rings. The van der Waals surface area contributed by atoms with Crippen LogP contribution in [0.5, 0.6) is 0 Å². The Bertz CT molecular complexity index is 501. The molecule has 0 spiro atoms. The first kappa shape index (κ1) is 18.1. The molecule has 1 aromatic rings. The highest BCUT2D eigenvalue weighted by Crippen LogP contribution is 2.35. The molecule has 0 heterocycles. The summed E-state index contributed by atoms with van der Waals surface area (Å²) in [5, 5.41) is 12.3. The molecule has 1 rings (SSSR count). The van der Waals surface area contributed by atoms with Gasteiger partial charge in [0.25, 0.3) is 0 Å². The van der Waals surface area contributed by atoms with Crippen LogP contribution in [0.25, 0.3) is 0 Å². The fraction of sp³-hybridized carbons (Fsp3) is 0.462. The SMILES string of the molecule is C[C@@H](CCO)NC(=O)N[C@@H](c1c(F)cccc1F)C(F)(F)F. The lowest BCUT2D eigenvalue weighted by Crippen LogP contribution is -2.47. The number of aliphatic hydroxyl groups is 1. The number of urea groups is 1. The Morgan fingerprint density at radius 2 is 1.77 bits per heavy atom. The van der Waals surface area contributed by atoms with E-state index >= 15 is 0 Å². The minimum absolute atomic E-state index is 0.123. The van der Waals surface area contributed by atoms with Gasteiger partial charge in [-0.25, -0.2) is 13.6 Å². The number of nitrogens with one attached hydrogen (secondary N) is 2. The molecule has 0 aliphatic carbocycles. The number of rotatable bonds is 5. The Balaban J connectivity index is 2.99. The van der Waals surface area contributed by atoms with Crippen LogP contribution in [0.1, 0.15) is 24.9 Å². The molecule has 9 heteroatoms. The number of benzene rings is 1. The second-order valence-corrected chi connectivity index (χ2v) is 4.64. The van der Waals surface area contributed by atoms with Crippen molar-refractivity contribution >= 4 is 6.03 Å². The summed E-state index contributed by atoms with van der Waals surface area (Å²) >= 11 is 0. The summed E-state index contributed by atoms with van der Waals surface area (Å²) in [4.78, 5) is 11.5. The second kappa shape index (κ2) is 7.39. The zero-order valence-electron chi connectivity index (χ0n) is 11.5. The summed E-state index contributed by atoms with van der Waals surface area (Å²) in [5.74, 6) is -2.82. The van der Waals surface area contributed by atoms with Crippen LogP contribution >= 0.6 is 0 Å². The summed E-state index contributed by atoms with van der Waals surface area (Å²) in [6, 6.07) is -2.41. The fourth-order valence-electron chi connectivity index (χ4n) is 1.77. The van der Waals surface area contributed by atoms with E-state index in [1.54, 1.807) is 0 Å². The van der Waals surface area contributed by atoms with E-state index in [0.29, 0.717) is 12.1 Å². The van der Waals surface area contributed by atoms with Gasteiger partial charge in [0, 0.05) is 12.6 Å². The van der Waals surface area contributed by atoms with Crippen LogP contribution in [0, 0.1) is 11.6 Å². The smallest absolute Gasteiger partial charge is 0.396 e. The average Bonchev–Trinajstić information content (AvgIpc) is 2.36. The first-order valence-corrected chi connectivity index (χ1v) is 6.35. The van der Waals surface area contributed by atoms with Gasteiger partial charge in [-0.15, -0.1) is 0 Å². The molecule has 0 saturated carbocycles. The summed E-state index contributed by atoms with van der Waals surface area (Å²) in [7, 11) is 0. The molecule has 22 heavy (non-hydrogen) atoms. The highest BCUT2D eigenvalue weighted by molar-refractivity contribution is 5.74. The van der Waals surface area contributed by atoms with Gasteiger partial charge in [0.15, 0.2) is 6.04 Å². The average molecular weight is 326 g/mol. The van der Waals surface area contributed by atoms with Crippen molar-refractivity contribution in [3.8, 4) is 0 Å². The molecule has 0 unspecified atom stereocenters. The second-order valence-electron chi connectivity index (χ2n) is 4.64. The number of amides is 2. The van der Waals surface area contributed by atoms with Gasteiger partial charge in [-0.05, 0) is 25.5 Å². The topological polar surface area (TPSA) is 61.4 Å². The molecule has 1 aromatic carbocycles. The Labute approximate surface area is 123 Å². The van der Waals surface area contributed by atoms with Crippen molar-refractivity contribution in [3.63, 3.8) is 0 Å². The number of hydrogen-bond acceptors (Lipinski definition) is 2. The van der Waals surface area contributed by atoms with Crippen molar-refractivity contribution < 1.29 is 31.9 Å². The molecule has 3 N–H and O–H groups in total. The molecular formula is C13H15F5N2O2. The van der Waals surface area contributed by atoms with Crippen molar-refractivity contribution in [1.82, 2.24) is 10.6 Å². The first-order valence-electron chi connectivity index (χ1n) is 6.35. The van der Waals surface area contributed by atoms with E-state index in [9.17, 15) is 26.7 Å². The van der Waals surface area contributed by atoms with E-state index in [0.717, 1.165) is 6.07 Å². The van der Waals surface area contributed by atoms with Crippen LogP contribution < -0.4 is 10.6 Å². The number of alkyl halides is 3. The molecule has 0 aliphatic rings. The number of carbonyl (C=O) groups is 1.